The van der Waals surface area contributed by atoms with E-state index in [2.05, 4.69) is 44.4 Å². The molecule has 0 unspecified atom stereocenters. The molecule has 0 radical (unpaired) electrons. The van der Waals surface area contributed by atoms with Crippen molar-refractivity contribution in [3.05, 3.63) is 94.4 Å². The summed E-state index contributed by atoms with van der Waals surface area (Å²) in [5, 5.41) is 20.8. The van der Waals surface area contributed by atoms with E-state index in [1.54, 1.807) is 11.3 Å². The molecule has 166 valence electrons. The maximum absolute atomic E-state index is 13.0. The molecule has 8 heteroatoms. The van der Waals surface area contributed by atoms with Crippen LogP contribution >= 0.6 is 23.1 Å². The van der Waals surface area contributed by atoms with Crippen molar-refractivity contribution in [1.82, 2.24) is 14.8 Å². The van der Waals surface area contributed by atoms with Crippen LogP contribution in [0.4, 0.5) is 5.69 Å². The zero-order valence-corrected chi connectivity index (χ0v) is 19.6. The number of hydrogen-bond acceptors (Lipinski definition) is 6. The second kappa shape index (κ2) is 11.5. The number of carbonyl (C=O) groups is 1. The normalized spacial score (nSPS) is 10.6. The van der Waals surface area contributed by atoms with Crippen molar-refractivity contribution in [2.75, 3.05) is 17.2 Å². The van der Waals surface area contributed by atoms with Gasteiger partial charge in [-0.25, -0.2) is 0 Å². The van der Waals surface area contributed by atoms with Gasteiger partial charge in [0.05, 0.1) is 11.8 Å². The molecule has 33 heavy (non-hydrogen) atoms. The Morgan fingerprint density at radius 2 is 1.79 bits per heavy atom. The molecule has 0 atom stereocenters. The van der Waals surface area contributed by atoms with E-state index in [1.807, 2.05) is 54.6 Å². The summed E-state index contributed by atoms with van der Waals surface area (Å²) in [4.78, 5) is 15.7. The average Bonchev–Trinajstić information content (AvgIpc) is 3.51. The zero-order chi connectivity index (χ0) is 22.9. The Balaban J connectivity index is 1.50. The van der Waals surface area contributed by atoms with Crippen molar-refractivity contribution in [1.29, 1.82) is 5.26 Å². The second-order valence-corrected chi connectivity index (χ2v) is 9.28. The van der Waals surface area contributed by atoms with Crippen molar-refractivity contribution >= 4 is 34.7 Å². The molecule has 0 saturated heterocycles. The van der Waals surface area contributed by atoms with Crippen LogP contribution in [0, 0.1) is 11.3 Å². The number of anilines is 1. The minimum atomic E-state index is -0.134. The van der Waals surface area contributed by atoms with Gasteiger partial charge in [-0.15, -0.1) is 21.5 Å². The zero-order valence-electron chi connectivity index (χ0n) is 18.0. The number of aryl methyl sites for hydroxylation is 1. The first kappa shape index (κ1) is 22.8. The molecule has 0 saturated carbocycles. The van der Waals surface area contributed by atoms with Crippen LogP contribution in [0.2, 0.25) is 0 Å². The van der Waals surface area contributed by atoms with Gasteiger partial charge in [-0.1, -0.05) is 66.4 Å². The Hall–Kier alpha value is -3.41. The Morgan fingerprint density at radius 3 is 2.48 bits per heavy atom. The molecule has 4 aromatic rings. The molecule has 4 rings (SSSR count). The van der Waals surface area contributed by atoms with E-state index in [0.29, 0.717) is 12.1 Å². The SMILES string of the molecule is N#CCN(C(=O)CSc1nnc(Cc2cccs2)n1CCc1ccccc1)c1ccccc1. The van der Waals surface area contributed by atoms with Crippen molar-refractivity contribution in [3.8, 4) is 6.07 Å². The van der Waals surface area contributed by atoms with Gasteiger partial charge in [0.15, 0.2) is 5.16 Å². The van der Waals surface area contributed by atoms with E-state index in [-0.39, 0.29) is 18.2 Å². The summed E-state index contributed by atoms with van der Waals surface area (Å²) in [5.74, 6) is 0.935. The van der Waals surface area contributed by atoms with E-state index >= 15 is 0 Å². The van der Waals surface area contributed by atoms with Crippen LogP contribution in [0.3, 0.4) is 0 Å². The molecule has 2 aromatic heterocycles. The molecule has 0 fully saturated rings. The van der Waals surface area contributed by atoms with Gasteiger partial charge >= 0.3 is 0 Å². The first-order valence-corrected chi connectivity index (χ1v) is 12.4. The van der Waals surface area contributed by atoms with Gasteiger partial charge < -0.3 is 4.57 Å². The monoisotopic (exact) mass is 473 g/mol. The van der Waals surface area contributed by atoms with Crippen molar-refractivity contribution in [3.63, 3.8) is 0 Å². The fourth-order valence-electron chi connectivity index (χ4n) is 3.44. The molecule has 0 aliphatic heterocycles. The minimum Gasteiger partial charge on any atom is -0.305 e. The molecule has 1 amide bonds. The Bertz CT molecular complexity index is 1200. The van der Waals surface area contributed by atoms with Crippen LogP contribution in [0.1, 0.15) is 16.3 Å². The molecule has 0 N–H and O–H groups in total. The summed E-state index contributed by atoms with van der Waals surface area (Å²) >= 11 is 3.06. The van der Waals surface area contributed by atoms with E-state index in [9.17, 15) is 10.1 Å². The highest BCUT2D eigenvalue weighted by molar-refractivity contribution is 7.99. The fraction of sp³-hybridized carbons (Fsp3) is 0.200. The van der Waals surface area contributed by atoms with Crippen LogP contribution in [-0.2, 0) is 24.2 Å². The van der Waals surface area contributed by atoms with Gasteiger partial charge in [-0.2, -0.15) is 5.26 Å². The Kier molecular flexibility index (Phi) is 7.90. The highest BCUT2D eigenvalue weighted by Crippen LogP contribution is 2.23. The van der Waals surface area contributed by atoms with Crippen molar-refractivity contribution < 1.29 is 4.79 Å². The molecule has 0 bridgehead atoms. The van der Waals surface area contributed by atoms with Gasteiger partial charge in [-0.05, 0) is 35.6 Å². The summed E-state index contributed by atoms with van der Waals surface area (Å²) in [5.41, 5.74) is 1.96. The smallest absolute Gasteiger partial charge is 0.238 e. The molecule has 2 aromatic carbocycles. The predicted molar refractivity (Wildman–Crippen MR) is 132 cm³/mol. The lowest BCUT2D eigenvalue weighted by Gasteiger charge is -2.19. The molecular formula is C25H23N5OS2. The average molecular weight is 474 g/mol. The van der Waals surface area contributed by atoms with Gasteiger partial charge in [0, 0.05) is 23.5 Å². The molecule has 0 aliphatic carbocycles. The van der Waals surface area contributed by atoms with Crippen LogP contribution < -0.4 is 4.90 Å². The molecule has 6 nitrogen and oxygen atoms in total. The Labute approximate surface area is 201 Å². The third-order valence-electron chi connectivity index (χ3n) is 5.10. The highest BCUT2D eigenvalue weighted by atomic mass is 32.2. The number of thioether (sulfide) groups is 1. The first-order valence-electron chi connectivity index (χ1n) is 10.6. The number of aromatic nitrogens is 3. The van der Waals surface area contributed by atoms with Crippen LogP contribution in [0.15, 0.2) is 83.3 Å². The first-order chi connectivity index (χ1) is 16.2. The van der Waals surface area contributed by atoms with Gasteiger partial charge in [0.1, 0.15) is 12.4 Å². The number of benzene rings is 2. The molecule has 0 aliphatic rings. The number of carbonyl (C=O) groups excluding carboxylic acids is 1. The van der Waals surface area contributed by atoms with Crippen LogP contribution in [0.5, 0.6) is 0 Å². The maximum Gasteiger partial charge on any atom is 0.238 e. The number of para-hydroxylation sites is 1. The summed E-state index contributed by atoms with van der Waals surface area (Å²) < 4.78 is 2.11. The predicted octanol–water partition coefficient (Wildman–Crippen LogP) is 4.82. The summed E-state index contributed by atoms with van der Waals surface area (Å²) in [7, 11) is 0. The fourth-order valence-corrected chi connectivity index (χ4v) is 5.00. The lowest BCUT2D eigenvalue weighted by atomic mass is 10.1. The lowest BCUT2D eigenvalue weighted by molar-refractivity contribution is -0.116. The van der Waals surface area contributed by atoms with Gasteiger partial charge in [-0.3, -0.25) is 9.69 Å². The quantitative estimate of drug-likeness (QED) is 0.244. The third-order valence-corrected chi connectivity index (χ3v) is 6.92. The van der Waals surface area contributed by atoms with E-state index in [0.717, 1.165) is 23.9 Å². The highest BCUT2D eigenvalue weighted by Gasteiger charge is 2.19. The van der Waals surface area contributed by atoms with Crippen LogP contribution in [0.25, 0.3) is 0 Å². The Morgan fingerprint density at radius 1 is 1.03 bits per heavy atom. The minimum absolute atomic E-state index is 0.00767. The maximum atomic E-state index is 13.0. The van der Waals surface area contributed by atoms with E-state index < -0.39 is 0 Å². The molecular weight excluding hydrogens is 450 g/mol. The number of thiophene rings is 1. The van der Waals surface area contributed by atoms with E-state index in [1.165, 1.54) is 27.1 Å². The summed E-state index contributed by atoms with van der Waals surface area (Å²) in [6.07, 6.45) is 1.56. The molecule has 2 heterocycles. The topological polar surface area (TPSA) is 74.8 Å². The molecule has 0 spiro atoms. The van der Waals surface area contributed by atoms with E-state index in [4.69, 9.17) is 0 Å². The standard InChI is InChI=1S/C25H23N5OS2/c26-14-16-29(21-10-5-2-6-11-21)24(31)19-33-25-28-27-23(18-22-12-7-17-32-22)30(25)15-13-20-8-3-1-4-9-20/h1-12,17H,13,15-16,18-19H2. The van der Waals surface area contributed by atoms with Crippen LogP contribution in [-0.4, -0.2) is 33.0 Å². The number of nitriles is 1. The largest absolute Gasteiger partial charge is 0.305 e. The third kappa shape index (κ3) is 6.09. The second-order valence-electron chi connectivity index (χ2n) is 7.30. The summed E-state index contributed by atoms with van der Waals surface area (Å²) in [6, 6.07) is 25.8. The van der Waals surface area contributed by atoms with Gasteiger partial charge in [0.25, 0.3) is 0 Å². The van der Waals surface area contributed by atoms with Gasteiger partial charge in [0.2, 0.25) is 5.91 Å². The summed E-state index contributed by atoms with van der Waals surface area (Å²) in [6.45, 7) is 0.739. The number of nitrogens with zero attached hydrogens (tertiary/aromatic N) is 5. The lowest BCUT2D eigenvalue weighted by Crippen LogP contribution is -2.32. The van der Waals surface area contributed by atoms with Crippen molar-refractivity contribution in [2.24, 2.45) is 0 Å². The number of rotatable bonds is 10. The number of hydrogen-bond donors (Lipinski definition) is 0. The number of amides is 1. The van der Waals surface area contributed by atoms with Crippen molar-refractivity contribution in [2.45, 2.75) is 24.5 Å².